The van der Waals surface area contributed by atoms with Gasteiger partial charge in [0.1, 0.15) is 0 Å². The summed E-state index contributed by atoms with van der Waals surface area (Å²) in [5, 5.41) is 2.41. The van der Waals surface area contributed by atoms with Crippen LogP contribution in [0.2, 0.25) is 0 Å². The van der Waals surface area contributed by atoms with E-state index < -0.39 is 0 Å². The SMILES string of the molecule is O=C1C(=Cc2ccc(-c3ccc(N(c4ccccc4)c4ccc5ccccc5c4)cc3)s2)C(=O)c2ccccc21. The number of thiophene rings is 1. The van der Waals surface area contributed by atoms with Gasteiger partial charge in [-0.05, 0) is 70.9 Å². The molecule has 5 aromatic carbocycles. The highest BCUT2D eigenvalue weighted by molar-refractivity contribution is 7.16. The van der Waals surface area contributed by atoms with Crippen molar-refractivity contribution in [2.24, 2.45) is 0 Å². The Morgan fingerprint density at radius 1 is 0.525 bits per heavy atom. The second-order valence-electron chi connectivity index (χ2n) is 9.71. The zero-order chi connectivity index (χ0) is 27.1. The molecular formula is C36H23NO2S. The zero-order valence-electron chi connectivity index (χ0n) is 21.5. The topological polar surface area (TPSA) is 37.4 Å². The molecule has 1 heterocycles. The highest BCUT2D eigenvalue weighted by Crippen LogP contribution is 2.38. The average molecular weight is 534 g/mol. The first-order valence-corrected chi connectivity index (χ1v) is 13.9. The first kappa shape index (κ1) is 24.0. The lowest BCUT2D eigenvalue weighted by molar-refractivity contribution is 0.0990. The molecule has 40 heavy (non-hydrogen) atoms. The average Bonchev–Trinajstić information content (AvgIpc) is 3.57. The minimum atomic E-state index is -0.199. The van der Waals surface area contributed by atoms with Crippen LogP contribution in [0, 0.1) is 0 Å². The number of hydrogen-bond donors (Lipinski definition) is 0. The Morgan fingerprint density at radius 2 is 1.12 bits per heavy atom. The van der Waals surface area contributed by atoms with E-state index in [2.05, 4.69) is 95.9 Å². The highest BCUT2D eigenvalue weighted by Gasteiger charge is 2.32. The molecular weight excluding hydrogens is 510 g/mol. The number of carbonyl (C=O) groups is 2. The Balaban J connectivity index is 1.20. The number of para-hydroxylation sites is 1. The van der Waals surface area contributed by atoms with E-state index in [9.17, 15) is 9.59 Å². The fourth-order valence-electron chi connectivity index (χ4n) is 5.25. The minimum absolute atomic E-state index is 0.199. The molecule has 0 radical (unpaired) electrons. The molecule has 0 spiro atoms. The maximum absolute atomic E-state index is 12.8. The molecule has 1 aromatic heterocycles. The van der Waals surface area contributed by atoms with Gasteiger partial charge in [0.25, 0.3) is 0 Å². The van der Waals surface area contributed by atoms with E-state index >= 15 is 0 Å². The summed E-state index contributed by atoms with van der Waals surface area (Å²) in [6, 6.07) is 44.8. The molecule has 0 fully saturated rings. The molecule has 3 nitrogen and oxygen atoms in total. The van der Waals surface area contributed by atoms with Crippen LogP contribution >= 0.6 is 11.3 Å². The number of ketones is 2. The van der Waals surface area contributed by atoms with Crippen LogP contribution in [-0.4, -0.2) is 11.6 Å². The quantitative estimate of drug-likeness (QED) is 0.164. The van der Waals surface area contributed by atoms with Gasteiger partial charge in [0.15, 0.2) is 11.6 Å². The van der Waals surface area contributed by atoms with Gasteiger partial charge in [-0.3, -0.25) is 9.59 Å². The number of anilines is 3. The Hall–Kier alpha value is -5.06. The predicted molar refractivity (Wildman–Crippen MR) is 165 cm³/mol. The van der Waals surface area contributed by atoms with Crippen LogP contribution in [0.4, 0.5) is 17.1 Å². The van der Waals surface area contributed by atoms with Crippen molar-refractivity contribution in [1.29, 1.82) is 0 Å². The van der Waals surface area contributed by atoms with Crippen LogP contribution in [-0.2, 0) is 0 Å². The monoisotopic (exact) mass is 533 g/mol. The standard InChI is InChI=1S/C36H23NO2S/c38-35-31-12-6-7-13-32(31)36(39)33(35)23-30-20-21-34(40-30)25-15-17-28(18-16-25)37(27-10-2-1-3-11-27)29-19-14-24-8-4-5-9-26(24)22-29/h1-23H. The fourth-order valence-corrected chi connectivity index (χ4v) is 6.20. The third-order valence-corrected chi connectivity index (χ3v) is 8.32. The summed E-state index contributed by atoms with van der Waals surface area (Å²) in [6.07, 6.45) is 1.73. The summed E-state index contributed by atoms with van der Waals surface area (Å²) in [4.78, 5) is 29.8. The molecule has 0 saturated heterocycles. The van der Waals surface area contributed by atoms with Crippen molar-refractivity contribution in [3.63, 3.8) is 0 Å². The van der Waals surface area contributed by atoms with Crippen molar-refractivity contribution in [3.05, 3.63) is 155 Å². The van der Waals surface area contributed by atoms with Gasteiger partial charge in [-0.2, -0.15) is 0 Å². The third kappa shape index (κ3) is 4.25. The molecule has 0 N–H and O–H groups in total. The molecule has 6 aromatic rings. The number of rotatable bonds is 5. The number of benzene rings is 5. The van der Waals surface area contributed by atoms with E-state index in [1.165, 1.54) is 10.8 Å². The molecule has 0 unspecified atom stereocenters. The van der Waals surface area contributed by atoms with Crippen LogP contribution in [0.15, 0.2) is 139 Å². The zero-order valence-corrected chi connectivity index (χ0v) is 22.3. The number of nitrogens with zero attached hydrogens (tertiary/aromatic N) is 1. The van der Waals surface area contributed by atoms with Crippen LogP contribution in [0.25, 0.3) is 27.3 Å². The summed E-state index contributed by atoms with van der Waals surface area (Å²) in [5.74, 6) is -0.399. The number of Topliss-reactive ketones (excluding diaryl/α,β-unsaturated/α-hetero) is 2. The lowest BCUT2D eigenvalue weighted by Crippen LogP contribution is -2.09. The van der Waals surface area contributed by atoms with Gasteiger partial charge in [-0.1, -0.05) is 84.9 Å². The van der Waals surface area contributed by atoms with Gasteiger partial charge < -0.3 is 4.90 Å². The first-order chi connectivity index (χ1) is 19.7. The molecule has 0 bridgehead atoms. The molecule has 7 rings (SSSR count). The predicted octanol–water partition coefficient (Wildman–Crippen LogP) is 9.50. The summed E-state index contributed by atoms with van der Waals surface area (Å²) >= 11 is 1.57. The van der Waals surface area contributed by atoms with Crippen molar-refractivity contribution in [3.8, 4) is 10.4 Å². The van der Waals surface area contributed by atoms with Crippen LogP contribution in [0.1, 0.15) is 25.6 Å². The smallest absolute Gasteiger partial charge is 0.197 e. The summed E-state index contributed by atoms with van der Waals surface area (Å²) in [6.45, 7) is 0. The lowest BCUT2D eigenvalue weighted by atomic mass is 10.1. The highest BCUT2D eigenvalue weighted by atomic mass is 32.1. The molecule has 0 aliphatic heterocycles. The van der Waals surface area contributed by atoms with E-state index in [4.69, 9.17) is 0 Å². The fraction of sp³-hybridized carbons (Fsp3) is 0. The summed E-state index contributed by atoms with van der Waals surface area (Å²) in [7, 11) is 0. The normalized spacial score (nSPS) is 12.6. The van der Waals surface area contributed by atoms with Crippen LogP contribution < -0.4 is 4.90 Å². The Morgan fingerprint density at radius 3 is 1.85 bits per heavy atom. The lowest BCUT2D eigenvalue weighted by Gasteiger charge is -2.26. The van der Waals surface area contributed by atoms with E-state index in [1.54, 1.807) is 41.7 Å². The van der Waals surface area contributed by atoms with Crippen molar-refractivity contribution in [2.75, 3.05) is 4.90 Å². The van der Waals surface area contributed by atoms with Crippen LogP contribution in [0.3, 0.4) is 0 Å². The van der Waals surface area contributed by atoms with Crippen molar-refractivity contribution < 1.29 is 9.59 Å². The number of carbonyl (C=O) groups excluding carboxylic acids is 2. The Kier molecular flexibility index (Phi) is 5.95. The van der Waals surface area contributed by atoms with E-state index in [1.807, 2.05) is 18.2 Å². The van der Waals surface area contributed by atoms with Crippen molar-refractivity contribution >= 4 is 56.8 Å². The number of fused-ring (bicyclic) bond motifs is 2. The summed E-state index contributed by atoms with van der Waals surface area (Å²) < 4.78 is 0. The molecule has 1 aliphatic carbocycles. The molecule has 4 heteroatoms. The van der Waals surface area contributed by atoms with Gasteiger partial charge in [0, 0.05) is 37.9 Å². The number of hydrogen-bond acceptors (Lipinski definition) is 4. The van der Waals surface area contributed by atoms with Crippen molar-refractivity contribution in [2.45, 2.75) is 0 Å². The van der Waals surface area contributed by atoms with Gasteiger partial charge in [0.05, 0.1) is 5.57 Å². The maximum Gasteiger partial charge on any atom is 0.197 e. The second kappa shape index (κ2) is 9.92. The van der Waals surface area contributed by atoms with Crippen LogP contribution in [0.5, 0.6) is 0 Å². The Bertz CT molecular complexity index is 1900. The Labute approximate surface area is 236 Å². The molecule has 1 aliphatic rings. The molecule has 190 valence electrons. The number of allylic oxidation sites excluding steroid dienone is 1. The molecule has 0 atom stereocenters. The third-order valence-electron chi connectivity index (χ3n) is 7.23. The van der Waals surface area contributed by atoms with Gasteiger partial charge in [-0.15, -0.1) is 11.3 Å². The molecule has 0 saturated carbocycles. The van der Waals surface area contributed by atoms with E-state index in [0.29, 0.717) is 11.1 Å². The van der Waals surface area contributed by atoms with Gasteiger partial charge >= 0.3 is 0 Å². The maximum atomic E-state index is 12.8. The first-order valence-electron chi connectivity index (χ1n) is 13.1. The minimum Gasteiger partial charge on any atom is -0.310 e. The van der Waals surface area contributed by atoms with Crippen molar-refractivity contribution in [1.82, 2.24) is 0 Å². The van der Waals surface area contributed by atoms with Gasteiger partial charge in [-0.25, -0.2) is 0 Å². The second-order valence-corrected chi connectivity index (χ2v) is 10.8. The van der Waals surface area contributed by atoms with E-state index in [0.717, 1.165) is 32.4 Å². The van der Waals surface area contributed by atoms with E-state index in [-0.39, 0.29) is 17.1 Å². The largest absolute Gasteiger partial charge is 0.310 e. The molecule has 0 amide bonds. The summed E-state index contributed by atoms with van der Waals surface area (Å²) in [5.41, 5.74) is 5.53. The van der Waals surface area contributed by atoms with Gasteiger partial charge in [0.2, 0.25) is 0 Å².